The van der Waals surface area contributed by atoms with Crippen molar-refractivity contribution in [3.63, 3.8) is 0 Å². The zero-order chi connectivity index (χ0) is 18.4. The summed E-state index contributed by atoms with van der Waals surface area (Å²) in [4.78, 5) is 0. The van der Waals surface area contributed by atoms with E-state index < -0.39 is 0 Å². The molecule has 1 heterocycles. The molecule has 0 spiro atoms. The van der Waals surface area contributed by atoms with Crippen molar-refractivity contribution in [1.29, 1.82) is 0 Å². The van der Waals surface area contributed by atoms with Crippen LogP contribution in [0.4, 0.5) is 0 Å². The van der Waals surface area contributed by atoms with Crippen LogP contribution in [0.15, 0.2) is 75.9 Å². The Hall–Kier alpha value is -0.730. The normalized spacial score (nSPS) is 13.8. The Balaban J connectivity index is -0.000000404. The Labute approximate surface area is 206 Å². The molecule has 1 aliphatic rings. The van der Waals surface area contributed by atoms with Gasteiger partial charge in [0.05, 0.1) is 12.0 Å². The molecule has 0 amide bonds. The van der Waals surface area contributed by atoms with Crippen molar-refractivity contribution in [2.24, 2.45) is 5.92 Å². The summed E-state index contributed by atoms with van der Waals surface area (Å²) in [5.41, 5.74) is 5.42. The summed E-state index contributed by atoms with van der Waals surface area (Å²) in [5, 5.41) is 2.52. The van der Waals surface area contributed by atoms with E-state index in [1.807, 2.05) is 18.2 Å². The number of furan rings is 1. The van der Waals surface area contributed by atoms with E-state index >= 15 is 0 Å². The van der Waals surface area contributed by atoms with Crippen molar-refractivity contribution in [3.05, 3.63) is 92.4 Å². The van der Waals surface area contributed by atoms with Crippen molar-refractivity contribution in [2.45, 2.75) is 27.7 Å². The van der Waals surface area contributed by atoms with Crippen molar-refractivity contribution in [3.8, 4) is 11.3 Å². The second kappa shape index (κ2) is 16.0. The molecular formula is C24H30Cl2OSiZr-4. The van der Waals surface area contributed by atoms with E-state index in [2.05, 4.69) is 71.0 Å². The summed E-state index contributed by atoms with van der Waals surface area (Å²) in [6, 6.07) is 16.5. The van der Waals surface area contributed by atoms with Gasteiger partial charge in [0.2, 0.25) is 0 Å². The Kier molecular flexibility index (Phi) is 18.2. The summed E-state index contributed by atoms with van der Waals surface area (Å²) in [6.07, 6.45) is 5.06. The first-order valence-electron chi connectivity index (χ1n) is 8.29. The molecule has 1 unspecified atom stereocenters. The SMILES string of the molecule is CC1=[C-]C(C)C(C)=C1C.Cl.Cl.[CH3-].[CH3-].[Si]=[Zr].c1coc(-c2c[cH-]c3ccccc23)c1. The predicted octanol–water partition coefficient (Wildman–Crippen LogP) is 7.90. The largest absolute Gasteiger partial charge is 0.475 e. The molecule has 1 aromatic heterocycles. The molecule has 0 bridgehead atoms. The maximum Gasteiger partial charge on any atom is 0.0899 e. The van der Waals surface area contributed by atoms with Gasteiger partial charge in [0.1, 0.15) is 0 Å². The molecule has 3 aromatic rings. The fraction of sp³-hybridized carbons (Fsp3) is 0.208. The van der Waals surface area contributed by atoms with Gasteiger partial charge >= 0.3 is 30.2 Å². The smallest absolute Gasteiger partial charge is 0.0899 e. The Morgan fingerprint density at radius 2 is 1.62 bits per heavy atom. The van der Waals surface area contributed by atoms with Gasteiger partial charge in [-0.3, -0.25) is 6.08 Å². The number of halogens is 2. The Morgan fingerprint density at radius 1 is 1.00 bits per heavy atom. The minimum absolute atomic E-state index is 0. The molecule has 0 saturated heterocycles. The van der Waals surface area contributed by atoms with Crippen LogP contribution in [0.3, 0.4) is 0 Å². The molecule has 2 radical (unpaired) electrons. The molecule has 5 heteroatoms. The average Bonchev–Trinajstić information content (AvgIpc) is 3.35. The standard InChI is InChI=1S/C13H9O.C9H13.2CH3.2ClH.Si.Zr/c1-2-5-11-10(4-1)7-8-12(11)13-6-3-9-14-13;1-6-5-7(2)9(4)8(6)3;;;;;;/h1-9H;6H,1-4H3;2*1H3;2*1H;;/q4*-1;;;;. The van der Waals surface area contributed by atoms with Gasteiger partial charge in [-0.2, -0.15) is 11.1 Å². The van der Waals surface area contributed by atoms with Crippen LogP contribution >= 0.6 is 24.8 Å². The van der Waals surface area contributed by atoms with Crippen LogP contribution in [0, 0.1) is 26.8 Å². The van der Waals surface area contributed by atoms with E-state index in [1.165, 1.54) is 56.4 Å². The van der Waals surface area contributed by atoms with Crippen molar-refractivity contribution >= 4 is 42.5 Å². The van der Waals surface area contributed by atoms with Crippen LogP contribution in [-0.4, -0.2) is 6.88 Å². The second-order valence-electron chi connectivity index (χ2n) is 6.11. The van der Waals surface area contributed by atoms with Crippen LogP contribution in [0.25, 0.3) is 22.1 Å². The zero-order valence-electron chi connectivity index (χ0n) is 18.0. The predicted molar refractivity (Wildman–Crippen MR) is 130 cm³/mol. The number of benzene rings is 1. The van der Waals surface area contributed by atoms with Crippen LogP contribution < -0.4 is 0 Å². The third-order valence-electron chi connectivity index (χ3n) is 4.70. The summed E-state index contributed by atoms with van der Waals surface area (Å²) in [7, 11) is 0. The van der Waals surface area contributed by atoms with E-state index in [9.17, 15) is 0 Å². The zero-order valence-corrected chi connectivity index (χ0v) is 23.1. The second-order valence-corrected chi connectivity index (χ2v) is 6.11. The third-order valence-corrected chi connectivity index (χ3v) is 4.70. The van der Waals surface area contributed by atoms with Crippen molar-refractivity contribution in [2.75, 3.05) is 0 Å². The molecule has 2 aromatic carbocycles. The molecule has 29 heavy (non-hydrogen) atoms. The molecule has 0 N–H and O–H groups in total. The molecule has 1 nitrogen and oxygen atoms in total. The van der Waals surface area contributed by atoms with Gasteiger partial charge in [-0.15, -0.1) is 72.8 Å². The van der Waals surface area contributed by atoms with Gasteiger partial charge in [0, 0.05) is 0 Å². The quantitative estimate of drug-likeness (QED) is 0.233. The monoisotopic (exact) mass is 522 g/mol. The van der Waals surface area contributed by atoms with Gasteiger partial charge in [-0.25, -0.2) is 5.57 Å². The van der Waals surface area contributed by atoms with E-state index in [0.717, 1.165) is 5.76 Å². The van der Waals surface area contributed by atoms with Gasteiger partial charge in [-0.1, -0.05) is 38.3 Å². The summed E-state index contributed by atoms with van der Waals surface area (Å²) >= 11 is 1.36. The fourth-order valence-electron chi connectivity index (χ4n) is 2.96. The first kappa shape index (κ1) is 32.9. The van der Waals surface area contributed by atoms with Crippen LogP contribution in [-0.2, 0) is 23.3 Å². The molecule has 1 atom stereocenters. The molecule has 0 fully saturated rings. The minimum Gasteiger partial charge on any atom is -0.475 e. The summed E-state index contributed by atoms with van der Waals surface area (Å²) in [6.45, 7) is 11.7. The van der Waals surface area contributed by atoms with E-state index in [-0.39, 0.29) is 39.7 Å². The van der Waals surface area contributed by atoms with Gasteiger partial charge in [-0.05, 0) is 12.1 Å². The first-order valence-corrected chi connectivity index (χ1v) is 12.5. The third kappa shape index (κ3) is 8.13. The maximum absolute atomic E-state index is 5.39. The van der Waals surface area contributed by atoms with Crippen molar-refractivity contribution < 1.29 is 27.8 Å². The first-order chi connectivity index (χ1) is 12.1. The van der Waals surface area contributed by atoms with Crippen LogP contribution in [0.5, 0.6) is 0 Å². The number of hydrogen-bond donors (Lipinski definition) is 0. The molecule has 1 aliphatic carbocycles. The van der Waals surface area contributed by atoms with Gasteiger partial charge in [0.25, 0.3) is 0 Å². The van der Waals surface area contributed by atoms with Gasteiger partial charge in [0.15, 0.2) is 0 Å². The van der Waals surface area contributed by atoms with Crippen LogP contribution in [0.2, 0.25) is 0 Å². The molecule has 158 valence electrons. The number of hydrogen-bond acceptors (Lipinski definition) is 1. The van der Waals surface area contributed by atoms with Crippen LogP contribution in [0.1, 0.15) is 27.7 Å². The summed E-state index contributed by atoms with van der Waals surface area (Å²) in [5.74, 6) is 1.50. The molecule has 4 rings (SSSR count). The van der Waals surface area contributed by atoms with Crippen molar-refractivity contribution in [1.82, 2.24) is 0 Å². The average molecular weight is 525 g/mol. The fourth-order valence-corrected chi connectivity index (χ4v) is 2.96. The summed E-state index contributed by atoms with van der Waals surface area (Å²) < 4.78 is 5.39. The Morgan fingerprint density at radius 3 is 2.07 bits per heavy atom. The topological polar surface area (TPSA) is 13.1 Å². The van der Waals surface area contributed by atoms with E-state index in [1.54, 1.807) is 6.26 Å². The molecule has 0 aliphatic heterocycles. The molecule has 0 saturated carbocycles. The van der Waals surface area contributed by atoms with Gasteiger partial charge < -0.3 is 19.3 Å². The van der Waals surface area contributed by atoms with E-state index in [4.69, 9.17) is 4.42 Å². The van der Waals surface area contributed by atoms with E-state index in [0.29, 0.717) is 5.92 Å². The maximum atomic E-state index is 5.39. The molecular weight excluding hydrogens is 494 g/mol. The Bertz CT molecular complexity index is 895. The number of fused-ring (bicyclic) bond motifs is 1. The number of rotatable bonds is 1. The number of allylic oxidation sites excluding steroid dienone is 4. The minimum atomic E-state index is 0.